The van der Waals surface area contributed by atoms with Crippen molar-refractivity contribution in [3.63, 3.8) is 0 Å². The normalized spacial score (nSPS) is 15.0. The van der Waals surface area contributed by atoms with E-state index in [-0.39, 0.29) is 16.7 Å². The number of carbonyl (C=O) groups is 1. The van der Waals surface area contributed by atoms with Crippen LogP contribution in [0.5, 0.6) is 5.75 Å². The van der Waals surface area contributed by atoms with Gasteiger partial charge in [0.25, 0.3) is 10.0 Å². The lowest BCUT2D eigenvalue weighted by Crippen LogP contribution is -2.15. The smallest absolute Gasteiger partial charge is 0.341 e. The Kier molecular flexibility index (Phi) is 5.36. The van der Waals surface area contributed by atoms with Gasteiger partial charge < -0.3 is 9.84 Å². The molecular formula is C17H20FN3O5S. The maximum absolute atomic E-state index is 14.0. The van der Waals surface area contributed by atoms with Crippen LogP contribution in [0.25, 0.3) is 0 Å². The maximum atomic E-state index is 14.0. The molecule has 1 aliphatic rings. The minimum Gasteiger partial charge on any atom is -0.479 e. The molecule has 0 amide bonds. The number of hydrogen-bond donors (Lipinski definition) is 2. The number of hydrogen-bond acceptors (Lipinski definition) is 5. The molecule has 1 heterocycles. The van der Waals surface area contributed by atoms with Crippen LogP contribution >= 0.6 is 0 Å². The number of sulfonamides is 1. The molecule has 1 saturated carbocycles. The fourth-order valence-corrected chi connectivity index (χ4v) is 4.26. The predicted octanol–water partition coefficient (Wildman–Crippen LogP) is 2.71. The Hall–Kier alpha value is -2.62. The number of ether oxygens (including phenoxy) is 1. The van der Waals surface area contributed by atoms with E-state index in [4.69, 9.17) is 9.84 Å². The van der Waals surface area contributed by atoms with Gasteiger partial charge in [0.05, 0.1) is 28.5 Å². The second-order valence-corrected chi connectivity index (χ2v) is 8.09. The number of rotatable bonds is 7. The average molecular weight is 397 g/mol. The molecule has 0 saturated heterocycles. The summed E-state index contributed by atoms with van der Waals surface area (Å²) in [5, 5.41) is 12.8. The van der Waals surface area contributed by atoms with E-state index in [9.17, 15) is 17.6 Å². The van der Waals surface area contributed by atoms with Gasteiger partial charge in [-0.05, 0) is 38.0 Å². The van der Waals surface area contributed by atoms with Crippen molar-refractivity contribution >= 4 is 21.7 Å². The predicted molar refractivity (Wildman–Crippen MR) is 94.8 cm³/mol. The summed E-state index contributed by atoms with van der Waals surface area (Å²) >= 11 is 0. The molecule has 1 fully saturated rings. The van der Waals surface area contributed by atoms with Crippen molar-refractivity contribution in [1.82, 2.24) is 9.78 Å². The molecule has 27 heavy (non-hydrogen) atoms. The monoisotopic (exact) mass is 397 g/mol. The first-order valence-corrected chi connectivity index (χ1v) is 9.97. The number of aliphatic carboxylic acids is 1. The summed E-state index contributed by atoms with van der Waals surface area (Å²) in [5.74, 6) is -2.55. The van der Waals surface area contributed by atoms with E-state index < -0.39 is 28.4 Å². The highest BCUT2D eigenvalue weighted by Crippen LogP contribution is 2.32. The van der Waals surface area contributed by atoms with Crippen LogP contribution in [0.3, 0.4) is 0 Å². The summed E-state index contributed by atoms with van der Waals surface area (Å²) in [6, 6.07) is 3.29. The fourth-order valence-electron chi connectivity index (χ4n) is 3.15. The van der Waals surface area contributed by atoms with Gasteiger partial charge in [-0.1, -0.05) is 12.8 Å². The molecule has 3 rings (SSSR count). The Bertz CT molecular complexity index is 951. The maximum Gasteiger partial charge on any atom is 0.341 e. The zero-order valence-electron chi connectivity index (χ0n) is 14.7. The van der Waals surface area contributed by atoms with Crippen molar-refractivity contribution in [2.75, 3.05) is 11.3 Å². The highest BCUT2D eigenvalue weighted by molar-refractivity contribution is 7.92. The van der Waals surface area contributed by atoms with Gasteiger partial charge in [0, 0.05) is 0 Å². The number of halogens is 1. The summed E-state index contributed by atoms with van der Waals surface area (Å²) in [4.78, 5) is 10.2. The van der Waals surface area contributed by atoms with Gasteiger partial charge in [-0.2, -0.15) is 5.10 Å². The van der Waals surface area contributed by atoms with Gasteiger partial charge in [0.15, 0.2) is 18.2 Å². The first-order chi connectivity index (χ1) is 12.8. The molecule has 0 unspecified atom stereocenters. The summed E-state index contributed by atoms with van der Waals surface area (Å²) in [6.45, 7) is 1.06. The molecule has 10 heteroatoms. The third-order valence-electron chi connectivity index (χ3n) is 4.52. The van der Waals surface area contributed by atoms with E-state index in [1.165, 1.54) is 6.20 Å². The summed E-state index contributed by atoms with van der Waals surface area (Å²) in [7, 11) is -4.03. The van der Waals surface area contributed by atoms with Gasteiger partial charge >= 0.3 is 5.97 Å². The van der Waals surface area contributed by atoms with Crippen molar-refractivity contribution in [1.29, 1.82) is 0 Å². The number of carboxylic acids is 1. The Morgan fingerprint density at radius 2 is 2.11 bits per heavy atom. The molecule has 2 aromatic rings. The highest BCUT2D eigenvalue weighted by Gasteiger charge is 2.23. The molecule has 0 radical (unpaired) electrons. The Balaban J connectivity index is 1.79. The van der Waals surface area contributed by atoms with Crippen molar-refractivity contribution in [2.45, 2.75) is 43.5 Å². The first-order valence-electron chi connectivity index (χ1n) is 8.49. The van der Waals surface area contributed by atoms with Crippen LogP contribution in [-0.4, -0.2) is 35.9 Å². The van der Waals surface area contributed by atoms with Crippen LogP contribution < -0.4 is 9.46 Å². The topological polar surface area (TPSA) is 111 Å². The van der Waals surface area contributed by atoms with Crippen LogP contribution in [0.4, 0.5) is 10.1 Å². The fraction of sp³-hybridized carbons (Fsp3) is 0.412. The Morgan fingerprint density at radius 1 is 1.41 bits per heavy atom. The third kappa shape index (κ3) is 4.21. The molecule has 1 aliphatic carbocycles. The third-order valence-corrected chi connectivity index (χ3v) is 5.89. The van der Waals surface area contributed by atoms with Crippen LogP contribution in [-0.2, 0) is 14.8 Å². The van der Waals surface area contributed by atoms with Crippen molar-refractivity contribution in [2.24, 2.45) is 0 Å². The first kappa shape index (κ1) is 19.2. The molecule has 0 spiro atoms. The molecule has 0 atom stereocenters. The van der Waals surface area contributed by atoms with E-state index in [0.29, 0.717) is 11.4 Å². The lowest BCUT2D eigenvalue weighted by Gasteiger charge is -2.13. The van der Waals surface area contributed by atoms with E-state index in [2.05, 4.69) is 9.82 Å². The van der Waals surface area contributed by atoms with Crippen molar-refractivity contribution in [3.05, 3.63) is 35.9 Å². The molecule has 8 nitrogen and oxygen atoms in total. The second kappa shape index (κ2) is 7.55. The van der Waals surface area contributed by atoms with E-state index in [0.717, 1.165) is 43.9 Å². The molecular weight excluding hydrogens is 377 g/mol. The second-order valence-electron chi connectivity index (χ2n) is 6.41. The number of nitrogens with one attached hydrogen (secondary N) is 1. The van der Waals surface area contributed by atoms with Crippen LogP contribution in [0.15, 0.2) is 29.3 Å². The van der Waals surface area contributed by atoms with E-state index >= 15 is 0 Å². The molecule has 2 N–H and O–H groups in total. The molecule has 146 valence electrons. The number of aromatic nitrogens is 2. The zero-order valence-corrected chi connectivity index (χ0v) is 15.5. The van der Waals surface area contributed by atoms with Crippen molar-refractivity contribution < 1.29 is 27.4 Å². The summed E-state index contributed by atoms with van der Waals surface area (Å²) < 4.78 is 48.2. The zero-order chi connectivity index (χ0) is 19.6. The number of nitrogens with zero attached hydrogens (tertiary/aromatic N) is 2. The minimum atomic E-state index is -4.03. The molecule has 1 aromatic heterocycles. The van der Waals surface area contributed by atoms with E-state index in [1.807, 2.05) is 4.68 Å². The minimum absolute atomic E-state index is 0.270. The van der Waals surface area contributed by atoms with Gasteiger partial charge in [-0.3, -0.25) is 9.40 Å². The summed E-state index contributed by atoms with van der Waals surface area (Å²) in [5.41, 5.74) is 1.04. The van der Waals surface area contributed by atoms with Crippen LogP contribution in [0, 0.1) is 12.7 Å². The lowest BCUT2D eigenvalue weighted by molar-refractivity contribution is -0.139. The van der Waals surface area contributed by atoms with Gasteiger partial charge in [-0.25, -0.2) is 17.6 Å². The quantitative estimate of drug-likeness (QED) is 0.743. The van der Waals surface area contributed by atoms with Gasteiger partial charge in [0.1, 0.15) is 0 Å². The van der Waals surface area contributed by atoms with Crippen molar-refractivity contribution in [3.8, 4) is 5.75 Å². The SMILES string of the molecule is Cc1c(NS(=O)(=O)c2ccc(OCC(=O)O)c(F)c2)cnn1C1CCCC1. The van der Waals surface area contributed by atoms with Gasteiger partial charge in [0.2, 0.25) is 0 Å². The summed E-state index contributed by atoms with van der Waals surface area (Å²) in [6.07, 6.45) is 5.72. The number of benzene rings is 1. The standard InChI is InChI=1S/C17H20FN3O5S/c1-11-15(9-19-21(11)12-4-2-3-5-12)20-27(24,25)13-6-7-16(14(18)8-13)26-10-17(22)23/h6-9,12,20H,2-5,10H2,1H3,(H,22,23). The van der Waals surface area contributed by atoms with Crippen LogP contribution in [0.2, 0.25) is 0 Å². The molecule has 1 aromatic carbocycles. The number of carboxylic acid groups (broad SMARTS) is 1. The largest absolute Gasteiger partial charge is 0.479 e. The number of anilines is 1. The molecule has 0 aliphatic heterocycles. The van der Waals surface area contributed by atoms with E-state index in [1.54, 1.807) is 6.92 Å². The Labute approximate surface area is 156 Å². The van der Waals surface area contributed by atoms with Crippen LogP contribution in [0.1, 0.15) is 37.4 Å². The lowest BCUT2D eigenvalue weighted by atomic mass is 10.2. The highest BCUT2D eigenvalue weighted by atomic mass is 32.2. The van der Waals surface area contributed by atoms with Gasteiger partial charge in [-0.15, -0.1) is 0 Å². The molecule has 0 bridgehead atoms. The average Bonchev–Trinajstić information content (AvgIpc) is 3.24. The Morgan fingerprint density at radius 3 is 2.74 bits per heavy atom.